The van der Waals surface area contributed by atoms with Crippen molar-refractivity contribution in [1.29, 1.82) is 0 Å². The van der Waals surface area contributed by atoms with E-state index >= 15 is 0 Å². The van der Waals surface area contributed by atoms with Crippen LogP contribution < -0.4 is 10.1 Å². The van der Waals surface area contributed by atoms with Crippen LogP contribution in [0.1, 0.15) is 5.56 Å². The van der Waals surface area contributed by atoms with Gasteiger partial charge in [0.05, 0.1) is 11.8 Å². The van der Waals surface area contributed by atoms with Gasteiger partial charge in [0.2, 0.25) is 5.89 Å². The number of aromatic nitrogens is 3. The zero-order valence-corrected chi connectivity index (χ0v) is 13.9. The van der Waals surface area contributed by atoms with Crippen molar-refractivity contribution in [2.75, 3.05) is 12.4 Å². The maximum Gasteiger partial charge on any atom is 0.322 e. The summed E-state index contributed by atoms with van der Waals surface area (Å²) in [6.45, 7) is 2.03. The van der Waals surface area contributed by atoms with E-state index in [0.29, 0.717) is 17.0 Å². The molecular weight excluding hydrogens is 324 g/mol. The Morgan fingerprint density at radius 2 is 1.92 bits per heavy atom. The molecule has 4 rings (SSSR count). The van der Waals surface area contributed by atoms with Crippen molar-refractivity contribution in [1.82, 2.24) is 15.2 Å². The summed E-state index contributed by atoms with van der Waals surface area (Å²) >= 11 is 1.50. The fraction of sp³-hybridized carbons (Fsp3) is 0.118. The van der Waals surface area contributed by atoms with Gasteiger partial charge < -0.3 is 9.15 Å². The number of para-hydroxylation sites is 1. The Balaban J connectivity index is 1.61. The number of hydrogen-bond donors (Lipinski definition) is 1. The number of benzene rings is 2. The van der Waals surface area contributed by atoms with Crippen LogP contribution in [0.15, 0.2) is 46.9 Å². The zero-order valence-electron chi connectivity index (χ0n) is 13.1. The van der Waals surface area contributed by atoms with Crippen molar-refractivity contribution in [2.45, 2.75) is 6.92 Å². The minimum absolute atomic E-state index is 0.309. The third kappa shape index (κ3) is 2.69. The molecule has 0 amide bonds. The first-order valence-corrected chi connectivity index (χ1v) is 8.16. The lowest BCUT2D eigenvalue weighted by atomic mass is 10.1. The molecule has 120 valence electrons. The quantitative estimate of drug-likeness (QED) is 0.594. The van der Waals surface area contributed by atoms with Crippen LogP contribution in [0.2, 0.25) is 0 Å². The van der Waals surface area contributed by atoms with Crippen LogP contribution in [0.4, 0.5) is 11.1 Å². The highest BCUT2D eigenvalue weighted by molar-refractivity contribution is 7.22. The minimum Gasteiger partial charge on any atom is -0.494 e. The van der Waals surface area contributed by atoms with E-state index in [9.17, 15) is 0 Å². The van der Waals surface area contributed by atoms with Crippen molar-refractivity contribution < 1.29 is 9.15 Å². The molecule has 0 spiro atoms. The van der Waals surface area contributed by atoms with Crippen LogP contribution in [-0.4, -0.2) is 22.3 Å². The standard InChI is InChI=1S/C17H14N4O2S/c1-10-6-8-11(9-7-10)15-20-21-16(23-15)19-17-18-14-12(22-2)4-3-5-13(14)24-17/h3-9H,1-2H3,(H,18,19,21). The Labute approximate surface area is 142 Å². The summed E-state index contributed by atoms with van der Waals surface area (Å²) in [5.41, 5.74) is 2.87. The number of thiazole rings is 1. The Morgan fingerprint density at radius 3 is 2.71 bits per heavy atom. The minimum atomic E-state index is 0.309. The predicted octanol–water partition coefficient (Wildman–Crippen LogP) is 4.41. The average Bonchev–Trinajstić information content (AvgIpc) is 3.22. The van der Waals surface area contributed by atoms with E-state index in [-0.39, 0.29) is 0 Å². The monoisotopic (exact) mass is 338 g/mol. The number of nitrogens with one attached hydrogen (secondary N) is 1. The molecule has 1 N–H and O–H groups in total. The van der Waals surface area contributed by atoms with Crippen LogP contribution in [0, 0.1) is 6.92 Å². The number of aryl methyl sites for hydroxylation is 1. The lowest BCUT2D eigenvalue weighted by molar-refractivity contribution is 0.419. The molecule has 0 atom stereocenters. The van der Waals surface area contributed by atoms with E-state index in [4.69, 9.17) is 9.15 Å². The Morgan fingerprint density at radius 1 is 1.08 bits per heavy atom. The molecule has 2 aromatic carbocycles. The molecule has 0 aliphatic carbocycles. The number of nitrogens with zero attached hydrogens (tertiary/aromatic N) is 3. The first-order valence-electron chi connectivity index (χ1n) is 7.34. The molecule has 6 nitrogen and oxygen atoms in total. The van der Waals surface area contributed by atoms with Gasteiger partial charge in [0.25, 0.3) is 0 Å². The van der Waals surface area contributed by atoms with Gasteiger partial charge in [-0.25, -0.2) is 4.98 Å². The van der Waals surface area contributed by atoms with Gasteiger partial charge >= 0.3 is 6.01 Å². The highest BCUT2D eigenvalue weighted by Gasteiger charge is 2.12. The second-order valence-corrected chi connectivity index (χ2v) is 6.26. The molecule has 2 aromatic heterocycles. The fourth-order valence-electron chi connectivity index (χ4n) is 2.32. The largest absolute Gasteiger partial charge is 0.494 e. The second kappa shape index (κ2) is 5.93. The van der Waals surface area contributed by atoms with Gasteiger partial charge in [-0.15, -0.1) is 5.10 Å². The zero-order chi connectivity index (χ0) is 16.5. The number of methoxy groups -OCH3 is 1. The molecule has 2 heterocycles. The fourth-order valence-corrected chi connectivity index (χ4v) is 3.19. The van der Waals surface area contributed by atoms with Crippen LogP contribution in [0.25, 0.3) is 21.7 Å². The topological polar surface area (TPSA) is 73.1 Å². The van der Waals surface area contributed by atoms with Crippen molar-refractivity contribution in [3.8, 4) is 17.2 Å². The van der Waals surface area contributed by atoms with Gasteiger partial charge in [-0.05, 0) is 31.2 Å². The molecule has 0 saturated carbocycles. The predicted molar refractivity (Wildman–Crippen MR) is 93.9 cm³/mol. The SMILES string of the molecule is COc1cccc2sc(Nc3nnc(-c4ccc(C)cc4)o3)nc12. The number of rotatable bonds is 4. The van der Waals surface area contributed by atoms with E-state index in [2.05, 4.69) is 20.5 Å². The van der Waals surface area contributed by atoms with Crippen LogP contribution in [-0.2, 0) is 0 Å². The number of hydrogen-bond acceptors (Lipinski definition) is 7. The van der Waals surface area contributed by atoms with E-state index in [1.54, 1.807) is 7.11 Å². The summed E-state index contributed by atoms with van der Waals surface area (Å²) in [6, 6.07) is 14.0. The molecule has 24 heavy (non-hydrogen) atoms. The third-order valence-electron chi connectivity index (χ3n) is 3.54. The Kier molecular flexibility index (Phi) is 3.62. The van der Waals surface area contributed by atoms with Crippen LogP contribution >= 0.6 is 11.3 Å². The molecule has 0 unspecified atom stereocenters. The summed E-state index contributed by atoms with van der Waals surface area (Å²) in [5, 5.41) is 11.8. The molecular formula is C17H14N4O2S. The van der Waals surface area contributed by atoms with E-state index in [1.165, 1.54) is 16.9 Å². The van der Waals surface area contributed by atoms with Crippen LogP contribution in [0.3, 0.4) is 0 Å². The first-order chi connectivity index (χ1) is 11.7. The molecule has 0 saturated heterocycles. The van der Waals surface area contributed by atoms with Gasteiger partial charge in [0, 0.05) is 5.56 Å². The molecule has 0 radical (unpaired) electrons. The Bertz CT molecular complexity index is 991. The molecule has 0 aliphatic rings. The summed E-state index contributed by atoms with van der Waals surface area (Å²) in [7, 11) is 1.63. The highest BCUT2D eigenvalue weighted by Crippen LogP contribution is 2.33. The van der Waals surface area contributed by atoms with E-state index in [1.807, 2.05) is 49.4 Å². The van der Waals surface area contributed by atoms with Gasteiger partial charge in [0.1, 0.15) is 11.3 Å². The molecule has 0 bridgehead atoms. The van der Waals surface area contributed by atoms with Gasteiger partial charge in [-0.2, -0.15) is 0 Å². The van der Waals surface area contributed by atoms with Crippen molar-refractivity contribution in [3.63, 3.8) is 0 Å². The summed E-state index contributed by atoms with van der Waals surface area (Å²) in [5.74, 6) is 1.21. The maximum absolute atomic E-state index is 5.67. The maximum atomic E-state index is 5.67. The molecule has 4 aromatic rings. The van der Waals surface area contributed by atoms with E-state index in [0.717, 1.165) is 21.5 Å². The highest BCUT2D eigenvalue weighted by atomic mass is 32.1. The lowest BCUT2D eigenvalue weighted by Crippen LogP contribution is -1.89. The summed E-state index contributed by atoms with van der Waals surface area (Å²) < 4.78 is 12.0. The van der Waals surface area contributed by atoms with Crippen molar-refractivity contribution in [3.05, 3.63) is 48.0 Å². The normalized spacial score (nSPS) is 10.9. The second-order valence-electron chi connectivity index (χ2n) is 5.23. The molecule has 7 heteroatoms. The number of anilines is 2. The van der Waals surface area contributed by atoms with Gasteiger partial charge in [-0.3, -0.25) is 5.32 Å². The van der Waals surface area contributed by atoms with Gasteiger partial charge in [-0.1, -0.05) is 40.2 Å². The first kappa shape index (κ1) is 14.6. The number of fused-ring (bicyclic) bond motifs is 1. The number of ether oxygens (including phenoxy) is 1. The van der Waals surface area contributed by atoms with E-state index < -0.39 is 0 Å². The summed E-state index contributed by atoms with van der Waals surface area (Å²) in [4.78, 5) is 4.53. The molecule has 0 aliphatic heterocycles. The van der Waals surface area contributed by atoms with Crippen LogP contribution in [0.5, 0.6) is 5.75 Å². The van der Waals surface area contributed by atoms with Crippen molar-refractivity contribution in [2.24, 2.45) is 0 Å². The summed E-state index contributed by atoms with van der Waals surface area (Å²) in [6.07, 6.45) is 0. The Hall–Kier alpha value is -2.93. The third-order valence-corrected chi connectivity index (χ3v) is 4.48. The smallest absolute Gasteiger partial charge is 0.322 e. The van der Waals surface area contributed by atoms with Gasteiger partial charge in [0.15, 0.2) is 5.13 Å². The molecule has 0 fully saturated rings. The average molecular weight is 338 g/mol. The van der Waals surface area contributed by atoms with Crippen molar-refractivity contribution >= 4 is 32.7 Å². The lowest BCUT2D eigenvalue weighted by Gasteiger charge is -1.98.